The monoisotopic (exact) mass is 332 g/mol. The molecule has 3 saturated heterocycles. The molecule has 0 radical (unpaired) electrons. The van der Waals surface area contributed by atoms with Crippen LogP contribution in [0.15, 0.2) is 24.3 Å². The number of hydrogen-bond donors (Lipinski definition) is 0. The van der Waals surface area contributed by atoms with Crippen molar-refractivity contribution < 1.29 is 23.7 Å². The van der Waals surface area contributed by atoms with E-state index in [2.05, 4.69) is 30.4 Å². The third-order valence-corrected chi connectivity index (χ3v) is 4.24. The smallest absolute Gasteiger partial charge is 0.104 e. The first-order valence-corrected chi connectivity index (χ1v) is 8.65. The van der Waals surface area contributed by atoms with Gasteiger partial charge in [-0.3, -0.25) is 0 Å². The summed E-state index contributed by atoms with van der Waals surface area (Å²) in [6.07, 6.45) is 6.34. The molecule has 0 amide bonds. The van der Waals surface area contributed by atoms with E-state index in [1.54, 1.807) is 0 Å². The lowest BCUT2D eigenvalue weighted by atomic mass is 10.0. The van der Waals surface area contributed by atoms with Gasteiger partial charge in [0.1, 0.15) is 12.2 Å². The van der Waals surface area contributed by atoms with Crippen molar-refractivity contribution in [2.24, 2.45) is 0 Å². The molecule has 0 aromatic heterocycles. The molecule has 3 aliphatic rings. The first-order chi connectivity index (χ1) is 11.9. The highest BCUT2D eigenvalue weighted by Gasteiger charge is 2.23. The van der Waals surface area contributed by atoms with E-state index < -0.39 is 0 Å². The van der Waals surface area contributed by atoms with E-state index in [1.165, 1.54) is 16.7 Å². The highest BCUT2D eigenvalue weighted by Crippen LogP contribution is 2.20. The van der Waals surface area contributed by atoms with E-state index in [9.17, 15) is 0 Å². The van der Waals surface area contributed by atoms with E-state index in [0.29, 0.717) is 44.7 Å². The maximum Gasteiger partial charge on any atom is 0.104 e. The summed E-state index contributed by atoms with van der Waals surface area (Å²) in [5.41, 5.74) is 3.55. The van der Waals surface area contributed by atoms with Crippen molar-refractivity contribution in [3.8, 4) is 0 Å². The summed E-state index contributed by atoms with van der Waals surface area (Å²) in [7, 11) is 0. The minimum atomic E-state index is 0.293. The van der Waals surface area contributed by atoms with Gasteiger partial charge in [0, 0.05) is 0 Å². The molecule has 0 aliphatic carbocycles. The number of epoxide rings is 3. The standard InChI is InChI=1S/C19H24O5/c1(3-17-11-22-17)2-15-5-4-14(7-20-9-18-12-23-18)6-16(15)8-21-10-19-13-24-19/h1-2,4-6,17-19H,3,7-13H2. The van der Waals surface area contributed by atoms with Gasteiger partial charge in [-0.2, -0.15) is 0 Å². The van der Waals surface area contributed by atoms with Gasteiger partial charge in [-0.15, -0.1) is 0 Å². The Labute approximate surface area is 142 Å². The van der Waals surface area contributed by atoms with Crippen molar-refractivity contribution in [2.75, 3.05) is 33.0 Å². The van der Waals surface area contributed by atoms with Crippen LogP contribution in [0.2, 0.25) is 0 Å². The van der Waals surface area contributed by atoms with Gasteiger partial charge >= 0.3 is 0 Å². The van der Waals surface area contributed by atoms with Gasteiger partial charge in [-0.1, -0.05) is 30.4 Å². The Morgan fingerprint density at radius 3 is 2.25 bits per heavy atom. The molecule has 0 spiro atoms. The van der Waals surface area contributed by atoms with Crippen molar-refractivity contribution >= 4 is 6.08 Å². The summed E-state index contributed by atoms with van der Waals surface area (Å²) in [5, 5.41) is 0. The van der Waals surface area contributed by atoms with E-state index >= 15 is 0 Å². The molecule has 1 aromatic rings. The summed E-state index contributed by atoms with van der Waals surface area (Å²) in [4.78, 5) is 0. The van der Waals surface area contributed by atoms with Crippen LogP contribution in [-0.4, -0.2) is 51.3 Å². The zero-order valence-electron chi connectivity index (χ0n) is 13.8. The van der Waals surface area contributed by atoms with Crippen molar-refractivity contribution in [2.45, 2.75) is 37.9 Å². The van der Waals surface area contributed by atoms with Crippen LogP contribution in [0.3, 0.4) is 0 Å². The van der Waals surface area contributed by atoms with Gasteiger partial charge in [0.2, 0.25) is 0 Å². The molecule has 3 atom stereocenters. The fourth-order valence-corrected chi connectivity index (χ4v) is 2.52. The zero-order valence-corrected chi connectivity index (χ0v) is 13.8. The lowest BCUT2D eigenvalue weighted by molar-refractivity contribution is 0.100. The summed E-state index contributed by atoms with van der Waals surface area (Å²) in [5.74, 6) is 0. The molecule has 5 heteroatoms. The molecule has 3 heterocycles. The fraction of sp³-hybridized carbons (Fsp3) is 0.579. The molecule has 24 heavy (non-hydrogen) atoms. The SMILES string of the molecule is C(=Cc1ccc(COCC2CO2)cc1COCC1CO1)CC1CO1. The fourth-order valence-electron chi connectivity index (χ4n) is 2.52. The summed E-state index contributed by atoms with van der Waals surface area (Å²) in [6.45, 7) is 5.09. The van der Waals surface area contributed by atoms with Crippen LogP contribution in [0.25, 0.3) is 6.08 Å². The Morgan fingerprint density at radius 1 is 0.917 bits per heavy atom. The second-order valence-corrected chi connectivity index (χ2v) is 6.57. The zero-order chi connectivity index (χ0) is 16.2. The average molecular weight is 332 g/mol. The van der Waals surface area contributed by atoms with Crippen LogP contribution in [0.1, 0.15) is 23.1 Å². The van der Waals surface area contributed by atoms with Gasteiger partial charge in [-0.05, 0) is 23.1 Å². The number of hydrogen-bond acceptors (Lipinski definition) is 5. The Balaban J connectivity index is 1.35. The van der Waals surface area contributed by atoms with Gasteiger partial charge in [-0.25, -0.2) is 0 Å². The number of rotatable bonds is 11. The van der Waals surface area contributed by atoms with E-state index in [1.807, 2.05) is 0 Å². The largest absolute Gasteiger partial charge is 0.374 e. The molecular formula is C19H24O5. The van der Waals surface area contributed by atoms with Crippen LogP contribution in [0.5, 0.6) is 0 Å². The molecule has 5 nitrogen and oxygen atoms in total. The topological polar surface area (TPSA) is 56.0 Å². The Bertz CT molecular complexity index is 573. The third kappa shape index (κ3) is 5.40. The maximum atomic E-state index is 5.79. The van der Waals surface area contributed by atoms with Crippen molar-refractivity contribution in [3.05, 3.63) is 41.0 Å². The highest BCUT2D eigenvalue weighted by molar-refractivity contribution is 5.54. The third-order valence-electron chi connectivity index (χ3n) is 4.24. The van der Waals surface area contributed by atoms with E-state index in [4.69, 9.17) is 23.7 Å². The first kappa shape index (κ1) is 16.2. The Kier molecular flexibility index (Phi) is 5.25. The van der Waals surface area contributed by atoms with Gasteiger partial charge in [0.25, 0.3) is 0 Å². The molecule has 0 N–H and O–H groups in total. The predicted octanol–water partition coefficient (Wildman–Crippen LogP) is 2.32. The lowest BCUT2D eigenvalue weighted by Gasteiger charge is -2.10. The Morgan fingerprint density at radius 2 is 1.58 bits per heavy atom. The quantitative estimate of drug-likeness (QED) is 0.582. The number of ether oxygens (including phenoxy) is 5. The second kappa shape index (κ2) is 7.76. The lowest BCUT2D eigenvalue weighted by Crippen LogP contribution is -2.05. The van der Waals surface area contributed by atoms with Crippen LogP contribution in [-0.2, 0) is 36.9 Å². The maximum absolute atomic E-state index is 5.79. The molecule has 3 unspecified atom stereocenters. The average Bonchev–Trinajstić information content (AvgIpc) is 3.44. The first-order valence-electron chi connectivity index (χ1n) is 8.65. The van der Waals surface area contributed by atoms with Crippen molar-refractivity contribution in [1.82, 2.24) is 0 Å². The molecule has 0 saturated carbocycles. The minimum Gasteiger partial charge on any atom is -0.374 e. The molecule has 0 bridgehead atoms. The van der Waals surface area contributed by atoms with Crippen LogP contribution >= 0.6 is 0 Å². The second-order valence-electron chi connectivity index (χ2n) is 6.57. The highest BCUT2D eigenvalue weighted by atomic mass is 16.6. The molecule has 130 valence electrons. The van der Waals surface area contributed by atoms with Gasteiger partial charge in [0.15, 0.2) is 0 Å². The Hall–Kier alpha value is -1.24. The van der Waals surface area contributed by atoms with Gasteiger partial charge in [0.05, 0.1) is 52.4 Å². The number of benzene rings is 1. The minimum absolute atomic E-state index is 0.293. The predicted molar refractivity (Wildman–Crippen MR) is 88.6 cm³/mol. The summed E-state index contributed by atoms with van der Waals surface area (Å²) < 4.78 is 27.1. The molecular weight excluding hydrogens is 308 g/mol. The molecule has 4 rings (SSSR count). The van der Waals surface area contributed by atoms with Crippen LogP contribution in [0.4, 0.5) is 0 Å². The van der Waals surface area contributed by atoms with Crippen LogP contribution < -0.4 is 0 Å². The summed E-state index contributed by atoms with van der Waals surface area (Å²) >= 11 is 0. The van der Waals surface area contributed by atoms with Crippen LogP contribution in [0, 0.1) is 0 Å². The van der Waals surface area contributed by atoms with Crippen molar-refractivity contribution in [3.63, 3.8) is 0 Å². The van der Waals surface area contributed by atoms with Crippen molar-refractivity contribution in [1.29, 1.82) is 0 Å². The molecule has 3 aliphatic heterocycles. The van der Waals surface area contributed by atoms with Gasteiger partial charge < -0.3 is 23.7 Å². The van der Waals surface area contributed by atoms with E-state index in [-0.39, 0.29) is 0 Å². The summed E-state index contributed by atoms with van der Waals surface area (Å²) in [6, 6.07) is 6.44. The molecule has 1 aromatic carbocycles. The normalized spacial score (nSPS) is 27.6. The van der Waals surface area contributed by atoms with E-state index in [0.717, 1.165) is 26.2 Å². The molecule has 3 fully saturated rings.